The SMILES string of the molecule is CCOC(=O)[C@@H](F)[C@H](O)c1ccc([N+](=O)[O-])cc1. The summed E-state index contributed by atoms with van der Waals surface area (Å²) in [6.45, 7) is 1.52. The van der Waals surface area contributed by atoms with E-state index in [-0.39, 0.29) is 17.9 Å². The summed E-state index contributed by atoms with van der Waals surface area (Å²) >= 11 is 0. The van der Waals surface area contributed by atoms with Gasteiger partial charge in [0, 0.05) is 12.1 Å². The van der Waals surface area contributed by atoms with E-state index in [4.69, 9.17) is 0 Å². The Labute approximate surface area is 102 Å². The van der Waals surface area contributed by atoms with Crippen LogP contribution >= 0.6 is 0 Å². The lowest BCUT2D eigenvalue weighted by Gasteiger charge is -2.14. The molecule has 7 heteroatoms. The van der Waals surface area contributed by atoms with Crippen LogP contribution in [0.25, 0.3) is 0 Å². The number of benzene rings is 1. The number of carbonyl (C=O) groups excluding carboxylic acids is 1. The van der Waals surface area contributed by atoms with Crippen molar-refractivity contribution in [1.29, 1.82) is 0 Å². The van der Waals surface area contributed by atoms with E-state index in [2.05, 4.69) is 4.74 Å². The summed E-state index contributed by atoms with van der Waals surface area (Å²) in [6.07, 6.45) is -3.92. The number of ether oxygens (including phenoxy) is 1. The van der Waals surface area contributed by atoms with Crippen LogP contribution in [0.5, 0.6) is 0 Å². The van der Waals surface area contributed by atoms with E-state index in [1.54, 1.807) is 0 Å². The van der Waals surface area contributed by atoms with Crippen LogP contribution in [0, 0.1) is 10.1 Å². The highest BCUT2D eigenvalue weighted by Crippen LogP contribution is 2.22. The van der Waals surface area contributed by atoms with Gasteiger partial charge in [0.2, 0.25) is 6.17 Å². The average Bonchev–Trinajstić information content (AvgIpc) is 2.37. The fraction of sp³-hybridized carbons (Fsp3) is 0.364. The fourth-order valence-electron chi connectivity index (χ4n) is 1.31. The van der Waals surface area contributed by atoms with Crippen LogP contribution in [0.15, 0.2) is 24.3 Å². The molecule has 0 fully saturated rings. The molecule has 2 atom stereocenters. The Morgan fingerprint density at radius 2 is 2.06 bits per heavy atom. The van der Waals surface area contributed by atoms with Gasteiger partial charge >= 0.3 is 5.97 Å². The smallest absolute Gasteiger partial charge is 0.343 e. The zero-order valence-electron chi connectivity index (χ0n) is 9.58. The van der Waals surface area contributed by atoms with Crippen LogP contribution in [-0.4, -0.2) is 28.8 Å². The molecular weight excluding hydrogens is 245 g/mol. The number of hydrogen-bond donors (Lipinski definition) is 1. The van der Waals surface area contributed by atoms with E-state index in [1.165, 1.54) is 19.1 Å². The minimum atomic E-state index is -2.22. The van der Waals surface area contributed by atoms with Crippen LogP contribution < -0.4 is 0 Å². The molecule has 1 N–H and O–H groups in total. The van der Waals surface area contributed by atoms with E-state index in [0.717, 1.165) is 12.1 Å². The van der Waals surface area contributed by atoms with Crippen molar-refractivity contribution in [1.82, 2.24) is 0 Å². The lowest BCUT2D eigenvalue weighted by Crippen LogP contribution is -2.26. The highest BCUT2D eigenvalue weighted by atomic mass is 19.1. The predicted octanol–water partition coefficient (Wildman–Crippen LogP) is 1.53. The summed E-state index contributed by atoms with van der Waals surface area (Å²) in [5, 5.41) is 20.0. The third-order valence-electron chi connectivity index (χ3n) is 2.23. The number of halogens is 1. The van der Waals surface area contributed by atoms with Crippen LogP contribution in [0.4, 0.5) is 10.1 Å². The first-order valence-corrected chi connectivity index (χ1v) is 5.20. The van der Waals surface area contributed by atoms with E-state index in [9.17, 15) is 24.4 Å². The quantitative estimate of drug-likeness (QED) is 0.490. The molecule has 98 valence electrons. The molecule has 0 aliphatic rings. The van der Waals surface area contributed by atoms with Crippen LogP contribution in [0.2, 0.25) is 0 Å². The summed E-state index contributed by atoms with van der Waals surface area (Å²) in [5.41, 5.74) is -0.112. The van der Waals surface area contributed by atoms with Gasteiger partial charge in [0.05, 0.1) is 11.5 Å². The number of non-ortho nitro benzene ring substituents is 1. The predicted molar refractivity (Wildman–Crippen MR) is 59.6 cm³/mol. The highest BCUT2D eigenvalue weighted by Gasteiger charge is 2.29. The molecule has 0 radical (unpaired) electrons. The van der Waals surface area contributed by atoms with Crippen molar-refractivity contribution in [3.8, 4) is 0 Å². The lowest BCUT2D eigenvalue weighted by molar-refractivity contribution is -0.384. The second-order valence-corrected chi connectivity index (χ2v) is 3.45. The van der Waals surface area contributed by atoms with Crippen LogP contribution in [0.1, 0.15) is 18.6 Å². The lowest BCUT2D eigenvalue weighted by atomic mass is 10.1. The molecule has 0 aliphatic heterocycles. The molecule has 0 aromatic heterocycles. The summed E-state index contributed by atoms with van der Waals surface area (Å²) in [6, 6.07) is 4.62. The van der Waals surface area contributed by atoms with E-state index >= 15 is 0 Å². The maximum atomic E-state index is 13.5. The molecule has 0 saturated heterocycles. The summed E-state index contributed by atoms with van der Waals surface area (Å²) in [4.78, 5) is 20.9. The third-order valence-corrected chi connectivity index (χ3v) is 2.23. The van der Waals surface area contributed by atoms with Crippen molar-refractivity contribution in [2.45, 2.75) is 19.2 Å². The highest BCUT2D eigenvalue weighted by molar-refractivity contribution is 5.75. The monoisotopic (exact) mass is 257 g/mol. The van der Waals surface area contributed by atoms with Gasteiger partial charge in [-0.3, -0.25) is 10.1 Å². The van der Waals surface area contributed by atoms with E-state index in [0.29, 0.717) is 0 Å². The van der Waals surface area contributed by atoms with Gasteiger partial charge in [-0.2, -0.15) is 0 Å². The van der Waals surface area contributed by atoms with Gasteiger partial charge < -0.3 is 9.84 Å². The van der Waals surface area contributed by atoms with Crippen molar-refractivity contribution in [2.24, 2.45) is 0 Å². The number of alkyl halides is 1. The van der Waals surface area contributed by atoms with Gasteiger partial charge in [-0.1, -0.05) is 0 Å². The first-order chi connectivity index (χ1) is 8.47. The third kappa shape index (κ3) is 3.24. The topological polar surface area (TPSA) is 89.7 Å². The molecule has 6 nitrogen and oxygen atoms in total. The fourth-order valence-corrected chi connectivity index (χ4v) is 1.31. The molecule has 0 aliphatic carbocycles. The number of nitro benzene ring substituents is 1. The Balaban J connectivity index is 2.80. The first-order valence-electron chi connectivity index (χ1n) is 5.20. The maximum Gasteiger partial charge on any atom is 0.343 e. The number of aliphatic hydroxyl groups excluding tert-OH is 1. The molecule has 18 heavy (non-hydrogen) atoms. The summed E-state index contributed by atoms with van der Waals surface area (Å²) in [5.74, 6) is -1.16. The number of hydrogen-bond acceptors (Lipinski definition) is 5. The Hall–Kier alpha value is -2.02. The number of rotatable bonds is 5. The average molecular weight is 257 g/mol. The molecule has 1 aromatic carbocycles. The van der Waals surface area contributed by atoms with Gasteiger partial charge in [-0.25, -0.2) is 9.18 Å². The number of nitrogens with zero attached hydrogens (tertiary/aromatic N) is 1. The molecule has 0 unspecified atom stereocenters. The second-order valence-electron chi connectivity index (χ2n) is 3.45. The summed E-state index contributed by atoms with van der Waals surface area (Å²) < 4.78 is 17.9. The van der Waals surface area contributed by atoms with Gasteiger partial charge in [-0.05, 0) is 24.6 Å². The molecule has 0 spiro atoms. The molecule has 0 bridgehead atoms. The Kier molecular flexibility index (Phi) is 4.73. The minimum absolute atomic E-state index is 0.00619. The normalized spacial score (nSPS) is 13.7. The standard InChI is InChI=1S/C11H12FNO5/c1-2-18-11(15)9(12)10(14)7-3-5-8(6-4-7)13(16)17/h3-6,9-10,14H,2H2,1H3/t9-,10+/m0/s1. The molecule has 0 heterocycles. The minimum Gasteiger partial charge on any atom is -0.464 e. The van der Waals surface area contributed by atoms with Gasteiger partial charge in [-0.15, -0.1) is 0 Å². The van der Waals surface area contributed by atoms with Crippen molar-refractivity contribution in [2.75, 3.05) is 6.61 Å². The van der Waals surface area contributed by atoms with E-state index < -0.39 is 23.2 Å². The van der Waals surface area contributed by atoms with E-state index in [1.807, 2.05) is 0 Å². The van der Waals surface area contributed by atoms with Gasteiger partial charge in [0.1, 0.15) is 6.10 Å². The van der Waals surface area contributed by atoms with Crippen LogP contribution in [0.3, 0.4) is 0 Å². The van der Waals surface area contributed by atoms with Crippen LogP contribution in [-0.2, 0) is 9.53 Å². The first kappa shape index (κ1) is 14.0. The second kappa shape index (κ2) is 6.06. The van der Waals surface area contributed by atoms with Gasteiger partial charge in [0.15, 0.2) is 0 Å². The molecule has 1 rings (SSSR count). The van der Waals surface area contributed by atoms with Crippen molar-refractivity contribution in [3.05, 3.63) is 39.9 Å². The Morgan fingerprint density at radius 3 is 2.50 bits per heavy atom. The van der Waals surface area contributed by atoms with Gasteiger partial charge in [0.25, 0.3) is 5.69 Å². The molecule has 0 saturated carbocycles. The molecule has 0 amide bonds. The Morgan fingerprint density at radius 1 is 1.50 bits per heavy atom. The number of aliphatic hydroxyl groups is 1. The zero-order chi connectivity index (χ0) is 13.7. The zero-order valence-corrected chi connectivity index (χ0v) is 9.58. The number of esters is 1. The van der Waals surface area contributed by atoms with Crippen molar-refractivity contribution < 1.29 is 24.0 Å². The Bertz CT molecular complexity index is 434. The molecular formula is C11H12FNO5. The number of carbonyl (C=O) groups is 1. The largest absolute Gasteiger partial charge is 0.464 e. The maximum absolute atomic E-state index is 13.5. The van der Waals surface area contributed by atoms with Crippen molar-refractivity contribution in [3.63, 3.8) is 0 Å². The summed E-state index contributed by atoms with van der Waals surface area (Å²) in [7, 11) is 0. The molecule has 1 aromatic rings. The number of nitro groups is 1. The van der Waals surface area contributed by atoms with Crippen molar-refractivity contribution >= 4 is 11.7 Å².